The predicted molar refractivity (Wildman–Crippen MR) is 72.8 cm³/mol. The number of hydrogen-bond acceptors (Lipinski definition) is 3. The molecule has 2 aromatic rings. The van der Waals surface area contributed by atoms with Gasteiger partial charge in [-0.25, -0.2) is 4.98 Å². The van der Waals surface area contributed by atoms with Crippen LogP contribution in [0, 0.1) is 6.92 Å². The molecule has 0 saturated carbocycles. The van der Waals surface area contributed by atoms with Crippen molar-refractivity contribution in [2.45, 2.75) is 13.5 Å². The van der Waals surface area contributed by atoms with Crippen LogP contribution < -0.4 is 5.32 Å². The first-order valence-corrected chi connectivity index (χ1v) is 6.73. The molecule has 0 bridgehead atoms. The SMILES string of the molecule is CNCc1csc(-c2cc(Br)ccc2C)n1. The van der Waals surface area contributed by atoms with Crippen molar-refractivity contribution < 1.29 is 0 Å². The first kappa shape index (κ1) is 11.8. The van der Waals surface area contributed by atoms with E-state index in [4.69, 9.17) is 0 Å². The minimum absolute atomic E-state index is 0.823. The molecule has 1 N–H and O–H groups in total. The summed E-state index contributed by atoms with van der Waals surface area (Å²) < 4.78 is 1.10. The topological polar surface area (TPSA) is 24.9 Å². The van der Waals surface area contributed by atoms with Crippen molar-refractivity contribution in [1.82, 2.24) is 10.3 Å². The molecule has 4 heteroatoms. The van der Waals surface area contributed by atoms with E-state index < -0.39 is 0 Å². The van der Waals surface area contributed by atoms with E-state index in [1.54, 1.807) is 11.3 Å². The smallest absolute Gasteiger partial charge is 0.123 e. The van der Waals surface area contributed by atoms with Crippen molar-refractivity contribution in [2.24, 2.45) is 0 Å². The maximum absolute atomic E-state index is 4.61. The lowest BCUT2D eigenvalue weighted by Crippen LogP contribution is -2.04. The molecule has 0 amide bonds. The second-order valence-electron chi connectivity index (χ2n) is 3.63. The van der Waals surface area contributed by atoms with E-state index in [0.29, 0.717) is 0 Å². The van der Waals surface area contributed by atoms with E-state index in [1.165, 1.54) is 11.1 Å². The summed E-state index contributed by atoms with van der Waals surface area (Å²) in [5, 5.41) is 6.30. The maximum atomic E-state index is 4.61. The van der Waals surface area contributed by atoms with Crippen LogP contribution in [-0.2, 0) is 6.54 Å². The molecule has 1 heterocycles. The molecule has 0 radical (unpaired) electrons. The minimum atomic E-state index is 0.823. The molecule has 2 nitrogen and oxygen atoms in total. The Morgan fingerprint density at radius 2 is 2.25 bits per heavy atom. The number of aryl methyl sites for hydroxylation is 1. The highest BCUT2D eigenvalue weighted by atomic mass is 79.9. The van der Waals surface area contributed by atoms with Gasteiger partial charge in [0.15, 0.2) is 0 Å². The van der Waals surface area contributed by atoms with Crippen molar-refractivity contribution in [3.05, 3.63) is 39.3 Å². The van der Waals surface area contributed by atoms with E-state index in [2.05, 4.69) is 56.7 Å². The van der Waals surface area contributed by atoms with Crippen LogP contribution in [0.5, 0.6) is 0 Å². The Kier molecular flexibility index (Phi) is 3.74. The largest absolute Gasteiger partial charge is 0.314 e. The van der Waals surface area contributed by atoms with Crippen LogP contribution in [-0.4, -0.2) is 12.0 Å². The summed E-state index contributed by atoms with van der Waals surface area (Å²) in [6.07, 6.45) is 0. The lowest BCUT2D eigenvalue weighted by Gasteiger charge is -2.02. The van der Waals surface area contributed by atoms with Crippen molar-refractivity contribution in [3.63, 3.8) is 0 Å². The van der Waals surface area contributed by atoms with E-state index in [1.807, 2.05) is 7.05 Å². The summed E-state index contributed by atoms with van der Waals surface area (Å²) in [7, 11) is 1.93. The van der Waals surface area contributed by atoms with Gasteiger partial charge in [-0.05, 0) is 31.7 Å². The molecule has 0 unspecified atom stereocenters. The lowest BCUT2D eigenvalue weighted by atomic mass is 10.1. The molecule has 0 fully saturated rings. The number of thiazole rings is 1. The molecule has 0 aliphatic rings. The molecule has 0 aliphatic carbocycles. The summed E-state index contributed by atoms with van der Waals surface area (Å²) in [6.45, 7) is 2.93. The Hall–Kier alpha value is -0.710. The third-order valence-corrected chi connectivity index (χ3v) is 3.76. The fraction of sp³-hybridized carbons (Fsp3) is 0.250. The van der Waals surface area contributed by atoms with Gasteiger partial charge in [0.25, 0.3) is 0 Å². The average Bonchev–Trinajstić information content (AvgIpc) is 2.71. The van der Waals surface area contributed by atoms with Crippen molar-refractivity contribution >= 4 is 27.3 Å². The van der Waals surface area contributed by atoms with Crippen LogP contribution in [0.1, 0.15) is 11.3 Å². The molecule has 0 saturated heterocycles. The van der Waals surface area contributed by atoms with E-state index in [9.17, 15) is 0 Å². The Labute approximate surface area is 108 Å². The standard InChI is InChI=1S/C12H13BrN2S/c1-8-3-4-9(13)5-11(8)12-15-10(6-14-2)7-16-12/h3-5,7,14H,6H2,1-2H3. The summed E-state index contributed by atoms with van der Waals surface area (Å²) in [6, 6.07) is 6.29. The highest BCUT2D eigenvalue weighted by Crippen LogP contribution is 2.29. The second kappa shape index (κ2) is 5.08. The van der Waals surface area contributed by atoms with Crippen LogP contribution >= 0.6 is 27.3 Å². The molecule has 1 aromatic carbocycles. The van der Waals surface area contributed by atoms with Gasteiger partial charge >= 0.3 is 0 Å². The fourth-order valence-corrected chi connectivity index (χ4v) is 2.78. The van der Waals surface area contributed by atoms with Crippen LogP contribution in [0.25, 0.3) is 10.6 Å². The normalized spacial score (nSPS) is 10.7. The molecular formula is C12H13BrN2S. The molecule has 2 rings (SSSR count). The van der Waals surface area contributed by atoms with Gasteiger partial charge in [-0.2, -0.15) is 0 Å². The lowest BCUT2D eigenvalue weighted by molar-refractivity contribution is 0.798. The van der Waals surface area contributed by atoms with Crippen LogP contribution in [0.3, 0.4) is 0 Å². The Bertz CT molecular complexity index is 494. The number of rotatable bonds is 3. The number of hydrogen-bond donors (Lipinski definition) is 1. The molecule has 0 atom stereocenters. The summed E-state index contributed by atoms with van der Waals surface area (Å²) in [5.41, 5.74) is 3.57. The van der Waals surface area contributed by atoms with Crippen molar-refractivity contribution in [2.75, 3.05) is 7.05 Å². The summed E-state index contributed by atoms with van der Waals surface area (Å²) in [5.74, 6) is 0. The zero-order valence-corrected chi connectivity index (χ0v) is 11.7. The Morgan fingerprint density at radius 1 is 1.44 bits per heavy atom. The van der Waals surface area contributed by atoms with Crippen LogP contribution in [0.15, 0.2) is 28.1 Å². The number of nitrogens with zero attached hydrogens (tertiary/aromatic N) is 1. The number of halogens is 1. The van der Waals surface area contributed by atoms with Crippen molar-refractivity contribution in [3.8, 4) is 10.6 Å². The van der Waals surface area contributed by atoms with E-state index in [-0.39, 0.29) is 0 Å². The zero-order valence-electron chi connectivity index (χ0n) is 9.25. The first-order valence-electron chi connectivity index (χ1n) is 5.06. The number of aromatic nitrogens is 1. The Morgan fingerprint density at radius 3 is 3.00 bits per heavy atom. The van der Waals surface area contributed by atoms with Crippen LogP contribution in [0.2, 0.25) is 0 Å². The first-order chi connectivity index (χ1) is 7.70. The third-order valence-electron chi connectivity index (χ3n) is 2.34. The van der Waals surface area contributed by atoms with Gasteiger partial charge in [0.05, 0.1) is 5.69 Å². The molecule has 0 aliphatic heterocycles. The van der Waals surface area contributed by atoms with Gasteiger partial charge in [0.2, 0.25) is 0 Å². The number of benzene rings is 1. The zero-order chi connectivity index (χ0) is 11.5. The molecule has 16 heavy (non-hydrogen) atoms. The van der Waals surface area contributed by atoms with Gasteiger partial charge in [-0.15, -0.1) is 11.3 Å². The van der Waals surface area contributed by atoms with Gasteiger partial charge in [-0.1, -0.05) is 22.0 Å². The van der Waals surface area contributed by atoms with E-state index in [0.717, 1.165) is 21.7 Å². The molecular weight excluding hydrogens is 284 g/mol. The Balaban J connectivity index is 2.38. The number of nitrogens with one attached hydrogen (secondary N) is 1. The predicted octanol–water partition coefficient (Wildman–Crippen LogP) is 3.60. The highest BCUT2D eigenvalue weighted by molar-refractivity contribution is 9.10. The molecule has 0 spiro atoms. The van der Waals surface area contributed by atoms with E-state index >= 15 is 0 Å². The average molecular weight is 297 g/mol. The third kappa shape index (κ3) is 2.51. The fourth-order valence-electron chi connectivity index (χ4n) is 1.52. The monoisotopic (exact) mass is 296 g/mol. The van der Waals surface area contributed by atoms with Gasteiger partial charge in [0, 0.05) is 22.0 Å². The van der Waals surface area contributed by atoms with Crippen LogP contribution in [0.4, 0.5) is 0 Å². The minimum Gasteiger partial charge on any atom is -0.314 e. The quantitative estimate of drug-likeness (QED) is 0.936. The highest BCUT2D eigenvalue weighted by Gasteiger charge is 2.07. The van der Waals surface area contributed by atoms with Crippen molar-refractivity contribution in [1.29, 1.82) is 0 Å². The summed E-state index contributed by atoms with van der Waals surface area (Å²) in [4.78, 5) is 4.61. The molecule has 84 valence electrons. The van der Waals surface area contributed by atoms with Gasteiger partial charge in [-0.3, -0.25) is 0 Å². The molecule has 1 aromatic heterocycles. The van der Waals surface area contributed by atoms with Gasteiger partial charge < -0.3 is 5.32 Å². The second-order valence-corrected chi connectivity index (χ2v) is 5.41. The van der Waals surface area contributed by atoms with Gasteiger partial charge in [0.1, 0.15) is 5.01 Å². The maximum Gasteiger partial charge on any atom is 0.123 e. The summed E-state index contributed by atoms with van der Waals surface area (Å²) >= 11 is 5.19.